The Morgan fingerprint density at radius 2 is 1.85 bits per heavy atom. The van der Waals surface area contributed by atoms with Crippen LogP contribution in [-0.2, 0) is 5.41 Å². The van der Waals surface area contributed by atoms with Crippen molar-refractivity contribution in [2.45, 2.75) is 70.8 Å². The van der Waals surface area contributed by atoms with Crippen LogP contribution in [0.5, 0.6) is 0 Å². The van der Waals surface area contributed by atoms with E-state index in [1.165, 1.54) is 54.5 Å². The quantitative estimate of drug-likeness (QED) is 0.790. The molecule has 1 aliphatic heterocycles. The predicted molar refractivity (Wildman–Crippen MR) is 87.3 cm³/mol. The van der Waals surface area contributed by atoms with Gasteiger partial charge in [-0.25, -0.2) is 4.68 Å². The molecule has 0 spiro atoms. The highest BCUT2D eigenvalue weighted by molar-refractivity contribution is 9.10. The summed E-state index contributed by atoms with van der Waals surface area (Å²) >= 11 is 3.78. The van der Waals surface area contributed by atoms with Crippen LogP contribution in [-0.4, -0.2) is 16.3 Å². The number of anilines is 1. The highest BCUT2D eigenvalue weighted by Gasteiger charge is 2.34. The molecule has 112 valence electrons. The second-order valence-electron chi connectivity index (χ2n) is 7.39. The fourth-order valence-electron chi connectivity index (χ4n) is 3.71. The summed E-state index contributed by atoms with van der Waals surface area (Å²) in [6.45, 7) is 7.79. The Balaban J connectivity index is 1.96. The zero-order valence-corrected chi connectivity index (χ0v) is 14.5. The number of hydrogen-bond acceptors (Lipinski definition) is 2. The summed E-state index contributed by atoms with van der Waals surface area (Å²) in [5.41, 5.74) is 1.27. The fourth-order valence-corrected chi connectivity index (χ4v) is 4.70. The Kier molecular flexibility index (Phi) is 3.87. The summed E-state index contributed by atoms with van der Waals surface area (Å²) < 4.78 is 3.47. The topological polar surface area (TPSA) is 29.9 Å². The lowest BCUT2D eigenvalue weighted by Crippen LogP contribution is -2.30. The first-order chi connectivity index (χ1) is 9.48. The van der Waals surface area contributed by atoms with Gasteiger partial charge in [-0.2, -0.15) is 5.10 Å². The number of fused-ring (bicyclic) bond motifs is 1. The highest BCUT2D eigenvalue weighted by atomic mass is 79.9. The monoisotopic (exact) mass is 339 g/mol. The van der Waals surface area contributed by atoms with E-state index in [4.69, 9.17) is 5.10 Å². The molecule has 0 amide bonds. The van der Waals surface area contributed by atoms with E-state index in [-0.39, 0.29) is 5.41 Å². The summed E-state index contributed by atoms with van der Waals surface area (Å²) in [5, 5.41) is 8.53. The molecule has 1 N–H and O–H groups in total. The van der Waals surface area contributed by atoms with Crippen molar-refractivity contribution in [2.75, 3.05) is 11.9 Å². The van der Waals surface area contributed by atoms with Crippen LogP contribution >= 0.6 is 15.9 Å². The van der Waals surface area contributed by atoms with E-state index in [9.17, 15) is 0 Å². The van der Waals surface area contributed by atoms with Crippen LogP contribution in [0.25, 0.3) is 0 Å². The van der Waals surface area contributed by atoms with E-state index in [0.717, 1.165) is 12.5 Å². The van der Waals surface area contributed by atoms with Gasteiger partial charge in [0, 0.05) is 12.0 Å². The first-order valence-corrected chi connectivity index (χ1v) is 8.80. The zero-order chi connectivity index (χ0) is 14.3. The Morgan fingerprint density at radius 1 is 1.15 bits per heavy atom. The molecule has 0 bridgehead atoms. The van der Waals surface area contributed by atoms with Crippen molar-refractivity contribution in [3.05, 3.63) is 10.2 Å². The number of rotatable bonds is 1. The van der Waals surface area contributed by atoms with Crippen molar-refractivity contribution < 1.29 is 0 Å². The maximum absolute atomic E-state index is 4.99. The lowest BCUT2D eigenvalue weighted by molar-refractivity contribution is 0.221. The first kappa shape index (κ1) is 14.4. The zero-order valence-electron chi connectivity index (χ0n) is 12.9. The molecule has 0 aromatic carbocycles. The van der Waals surface area contributed by atoms with Crippen molar-refractivity contribution in [1.29, 1.82) is 0 Å². The first-order valence-electron chi connectivity index (χ1n) is 8.01. The predicted octanol–water partition coefficient (Wildman–Crippen LogP) is 4.88. The largest absolute Gasteiger partial charge is 0.369 e. The van der Waals surface area contributed by atoms with Gasteiger partial charge in [-0.3, -0.25) is 0 Å². The van der Waals surface area contributed by atoms with Crippen LogP contribution in [0.4, 0.5) is 5.82 Å². The van der Waals surface area contributed by atoms with Crippen molar-refractivity contribution in [3.8, 4) is 0 Å². The van der Waals surface area contributed by atoms with Gasteiger partial charge in [0.2, 0.25) is 0 Å². The molecule has 0 saturated heterocycles. The van der Waals surface area contributed by atoms with E-state index < -0.39 is 0 Å². The summed E-state index contributed by atoms with van der Waals surface area (Å²) in [7, 11) is 0. The van der Waals surface area contributed by atoms with E-state index in [1.54, 1.807) is 0 Å². The van der Waals surface area contributed by atoms with Gasteiger partial charge in [-0.15, -0.1) is 0 Å². The second kappa shape index (κ2) is 5.36. The van der Waals surface area contributed by atoms with Crippen LogP contribution < -0.4 is 5.32 Å². The minimum atomic E-state index is 0.0853. The van der Waals surface area contributed by atoms with Gasteiger partial charge < -0.3 is 5.32 Å². The smallest absolute Gasteiger partial charge is 0.139 e. The third-order valence-corrected chi connectivity index (χ3v) is 5.55. The molecule has 4 heteroatoms. The van der Waals surface area contributed by atoms with Crippen molar-refractivity contribution >= 4 is 21.7 Å². The fraction of sp³-hybridized carbons (Fsp3) is 0.812. The molecular weight excluding hydrogens is 314 g/mol. The Hall–Kier alpha value is -0.510. The molecule has 1 unspecified atom stereocenters. The number of nitrogens with zero attached hydrogens (tertiary/aromatic N) is 2. The number of nitrogens with one attached hydrogen (secondary N) is 1. The molecule has 1 aliphatic carbocycles. The minimum Gasteiger partial charge on any atom is -0.369 e. The van der Waals surface area contributed by atoms with Gasteiger partial charge in [0.05, 0.1) is 16.2 Å². The second-order valence-corrected chi connectivity index (χ2v) is 8.18. The minimum absolute atomic E-state index is 0.0853. The van der Waals surface area contributed by atoms with Crippen LogP contribution in [0.15, 0.2) is 4.47 Å². The third kappa shape index (κ3) is 2.51. The Labute approximate surface area is 130 Å². The lowest BCUT2D eigenvalue weighted by Gasteiger charge is -2.34. The van der Waals surface area contributed by atoms with Crippen LogP contribution in [0, 0.1) is 5.92 Å². The SMILES string of the molecule is CC(C)(C)c1nn2c(c1Br)NCCC2C1CCCCC1. The summed E-state index contributed by atoms with van der Waals surface area (Å²) in [4.78, 5) is 0. The van der Waals surface area contributed by atoms with E-state index in [0.29, 0.717) is 6.04 Å². The average Bonchev–Trinajstić information content (AvgIpc) is 2.77. The molecule has 1 aromatic rings. The van der Waals surface area contributed by atoms with Crippen LogP contribution in [0.2, 0.25) is 0 Å². The van der Waals surface area contributed by atoms with Gasteiger partial charge in [-0.1, -0.05) is 40.0 Å². The van der Waals surface area contributed by atoms with Crippen molar-refractivity contribution in [2.24, 2.45) is 5.92 Å². The molecule has 3 rings (SSSR count). The lowest BCUT2D eigenvalue weighted by atomic mass is 9.82. The molecular formula is C16H26BrN3. The Bertz CT molecular complexity index is 481. The summed E-state index contributed by atoms with van der Waals surface area (Å²) in [5.74, 6) is 2.03. The number of aromatic nitrogens is 2. The molecule has 3 nitrogen and oxygen atoms in total. The molecule has 20 heavy (non-hydrogen) atoms. The summed E-state index contributed by atoms with van der Waals surface area (Å²) in [6.07, 6.45) is 8.20. The van der Waals surface area contributed by atoms with Crippen LogP contribution in [0.3, 0.4) is 0 Å². The van der Waals surface area contributed by atoms with Gasteiger partial charge in [-0.05, 0) is 41.1 Å². The third-order valence-electron chi connectivity index (χ3n) is 4.80. The van der Waals surface area contributed by atoms with Crippen LogP contribution in [0.1, 0.15) is 71.0 Å². The maximum Gasteiger partial charge on any atom is 0.139 e. The number of halogens is 1. The van der Waals surface area contributed by atoms with Gasteiger partial charge in [0.15, 0.2) is 0 Å². The molecule has 0 radical (unpaired) electrons. The van der Waals surface area contributed by atoms with Gasteiger partial charge in [0.1, 0.15) is 5.82 Å². The van der Waals surface area contributed by atoms with E-state index in [1.807, 2.05) is 0 Å². The molecule has 1 fully saturated rings. The van der Waals surface area contributed by atoms with E-state index >= 15 is 0 Å². The van der Waals surface area contributed by atoms with E-state index in [2.05, 4.69) is 46.7 Å². The maximum atomic E-state index is 4.99. The molecule has 2 heterocycles. The van der Waals surface area contributed by atoms with Gasteiger partial charge in [0.25, 0.3) is 0 Å². The average molecular weight is 340 g/mol. The van der Waals surface area contributed by atoms with Gasteiger partial charge >= 0.3 is 0 Å². The molecule has 1 aromatic heterocycles. The number of hydrogen-bond donors (Lipinski definition) is 1. The standard InChI is InChI=1S/C16H26BrN3/c1-16(2,3)14-13(17)15-18-10-9-12(20(15)19-14)11-7-5-4-6-8-11/h11-12,18H,4-10H2,1-3H3. The normalized spacial score (nSPS) is 24.3. The molecule has 1 saturated carbocycles. The molecule has 2 aliphatic rings. The highest BCUT2D eigenvalue weighted by Crippen LogP contribution is 2.43. The summed E-state index contributed by atoms with van der Waals surface area (Å²) in [6, 6.07) is 0.596. The molecule has 1 atom stereocenters. The van der Waals surface area contributed by atoms with Crippen molar-refractivity contribution in [1.82, 2.24) is 9.78 Å². The Morgan fingerprint density at radius 3 is 2.50 bits per heavy atom. The van der Waals surface area contributed by atoms with Crippen molar-refractivity contribution in [3.63, 3.8) is 0 Å².